The van der Waals surface area contributed by atoms with E-state index in [-0.39, 0.29) is 13.5 Å². The molecule has 2 N–H and O–H groups in total. The number of hydrogen-bond donors (Lipinski definition) is 1. The van der Waals surface area contributed by atoms with Crippen LogP contribution in [0.1, 0.15) is 45.6 Å². The number of ketones is 1. The van der Waals surface area contributed by atoms with Crippen molar-refractivity contribution in [3.63, 3.8) is 0 Å². The fraction of sp³-hybridized carbons (Fsp3) is 0.300. The van der Waals surface area contributed by atoms with Crippen LogP contribution in [0.15, 0.2) is 42.5 Å². The molecule has 0 fully saturated rings. The van der Waals surface area contributed by atoms with Crippen LogP contribution in [0.5, 0.6) is 0 Å². The quantitative estimate of drug-likeness (QED) is 0.183. The van der Waals surface area contributed by atoms with Crippen LogP contribution >= 0.6 is 9.69 Å². The molecule has 3 nitrogen and oxygen atoms in total. The van der Waals surface area contributed by atoms with Gasteiger partial charge in [-0.3, -0.25) is 4.79 Å². The van der Waals surface area contributed by atoms with E-state index in [0.29, 0.717) is 18.6 Å². The molecule has 0 aliphatic heterocycles. The SMILES string of the molecule is CC(=O)c1cc(C(F)(F)F)cc(C(F)(F)F)c1.[CH3-].[Cl][Ru+2].[NH-]C1c2ccccc2CC1O. The van der Waals surface area contributed by atoms with Gasteiger partial charge in [-0.05, 0) is 37.1 Å². The predicted octanol–water partition coefficient (Wildman–Crippen LogP) is 6.76. The van der Waals surface area contributed by atoms with Crippen LogP contribution in [-0.4, -0.2) is 17.0 Å². The summed E-state index contributed by atoms with van der Waals surface area (Å²) in [6, 6.07) is 8.12. The summed E-state index contributed by atoms with van der Waals surface area (Å²) < 4.78 is 73.9. The third-order valence-electron chi connectivity index (χ3n) is 4.20. The minimum Gasteiger partial charge on any atom is -0.669 e. The van der Waals surface area contributed by atoms with Crippen molar-refractivity contribution in [1.82, 2.24) is 0 Å². The Labute approximate surface area is 190 Å². The predicted molar refractivity (Wildman–Crippen MR) is 102 cm³/mol. The Morgan fingerprint density at radius 3 is 1.87 bits per heavy atom. The summed E-state index contributed by atoms with van der Waals surface area (Å²) in [5.41, 5.74) is 6.09. The molecule has 1 aliphatic carbocycles. The number of aliphatic hydroxyl groups excluding tert-OH is 1. The van der Waals surface area contributed by atoms with Gasteiger partial charge >= 0.3 is 39.4 Å². The van der Waals surface area contributed by atoms with Crippen LogP contribution in [0.2, 0.25) is 0 Å². The first-order chi connectivity index (χ1) is 13.8. The third kappa shape index (κ3) is 8.18. The Morgan fingerprint density at radius 2 is 1.48 bits per heavy atom. The van der Waals surface area contributed by atoms with Gasteiger partial charge in [-0.15, -0.1) is 0 Å². The summed E-state index contributed by atoms with van der Waals surface area (Å²) in [6.07, 6.45) is -9.70. The molecule has 0 aromatic heterocycles. The number of benzene rings is 2. The first-order valence-corrected chi connectivity index (χ1v) is 10.4. The van der Waals surface area contributed by atoms with Crippen molar-refractivity contribution in [3.05, 3.63) is 83.4 Å². The molecule has 3 rings (SSSR count). The van der Waals surface area contributed by atoms with Crippen molar-refractivity contribution in [3.8, 4) is 0 Å². The number of halogens is 7. The fourth-order valence-electron chi connectivity index (χ4n) is 2.73. The second kappa shape index (κ2) is 11.9. The van der Waals surface area contributed by atoms with Gasteiger partial charge in [0.05, 0.1) is 11.1 Å². The first kappa shape index (κ1) is 29.5. The number of fused-ring (bicyclic) bond motifs is 1. The number of carbonyl (C=O) groups is 1. The number of hydrogen-bond acceptors (Lipinski definition) is 2. The van der Waals surface area contributed by atoms with Crippen LogP contribution in [0.3, 0.4) is 0 Å². The summed E-state index contributed by atoms with van der Waals surface area (Å²) in [6.45, 7) is 0.898. The van der Waals surface area contributed by atoms with E-state index in [4.69, 9.17) is 5.73 Å². The van der Waals surface area contributed by atoms with Gasteiger partial charge in [0.15, 0.2) is 5.78 Å². The summed E-state index contributed by atoms with van der Waals surface area (Å²) >= 11 is 1.82. The zero-order valence-electron chi connectivity index (χ0n) is 16.3. The van der Waals surface area contributed by atoms with Crippen LogP contribution in [-0.2, 0) is 36.1 Å². The number of Topliss-reactive ketones (excluding diaryl/α,β-unsaturated/α-hetero) is 1. The van der Waals surface area contributed by atoms with Gasteiger partial charge in [-0.1, -0.05) is 35.9 Å². The molecule has 1 aliphatic rings. The van der Waals surface area contributed by atoms with Crippen molar-refractivity contribution in [1.29, 1.82) is 0 Å². The molecular formula is C20H19ClF6NO2Ru. The van der Waals surface area contributed by atoms with Crippen LogP contribution in [0.4, 0.5) is 26.3 Å². The number of nitrogens with one attached hydrogen (secondary N) is 1. The molecule has 0 saturated carbocycles. The summed E-state index contributed by atoms with van der Waals surface area (Å²) in [5, 5.41) is 9.33. The number of alkyl halides is 6. The van der Waals surface area contributed by atoms with Crippen LogP contribution in [0, 0.1) is 7.43 Å². The molecule has 0 radical (unpaired) electrons. The van der Waals surface area contributed by atoms with Crippen molar-refractivity contribution in [2.75, 3.05) is 0 Å². The minimum absolute atomic E-state index is 0. The third-order valence-corrected chi connectivity index (χ3v) is 4.20. The molecule has 2 aromatic rings. The molecule has 0 spiro atoms. The number of aliphatic hydroxyl groups is 1. The van der Waals surface area contributed by atoms with Crippen molar-refractivity contribution >= 4 is 15.5 Å². The molecule has 11 heteroatoms. The van der Waals surface area contributed by atoms with Gasteiger partial charge < -0.3 is 18.3 Å². The molecule has 31 heavy (non-hydrogen) atoms. The molecule has 0 saturated heterocycles. The van der Waals surface area contributed by atoms with Crippen molar-refractivity contribution in [2.45, 2.75) is 37.8 Å². The Hall–Kier alpha value is -1.48. The van der Waals surface area contributed by atoms with E-state index in [2.05, 4.69) is 9.69 Å². The largest absolute Gasteiger partial charge is 0.669 e. The standard InChI is InChI=1S/C10H6F6O.C9H10NO.CH3.ClH.Ru/c1-5(17)6-2-7(9(11,12)13)4-8(3-6)10(14,15)16;10-9-7-4-2-1-3-6(7)5-8(9)11;;;/h2-4H,1H3;1-4,8-11H,5H2;1H3;1H;/q;2*-1;;+3/p-1. The zero-order chi connectivity index (χ0) is 23.3. The summed E-state index contributed by atoms with van der Waals surface area (Å²) in [5.74, 6) is -0.860. The minimum atomic E-state index is -4.93. The molecule has 0 bridgehead atoms. The van der Waals surface area contributed by atoms with Gasteiger partial charge in [-0.2, -0.15) is 26.3 Å². The van der Waals surface area contributed by atoms with E-state index in [0.717, 1.165) is 18.1 Å². The number of rotatable bonds is 1. The van der Waals surface area contributed by atoms with Crippen LogP contribution < -0.4 is 0 Å². The van der Waals surface area contributed by atoms with E-state index in [1.54, 1.807) is 0 Å². The second-order valence-corrected chi connectivity index (χ2v) is 6.30. The summed E-state index contributed by atoms with van der Waals surface area (Å²) in [4.78, 5) is 10.9. The number of carbonyl (C=O) groups excluding carboxylic acids is 1. The molecule has 0 amide bonds. The van der Waals surface area contributed by atoms with E-state index < -0.39 is 47.0 Å². The summed E-state index contributed by atoms with van der Waals surface area (Å²) in [7, 11) is 4.57. The average molecular weight is 556 g/mol. The maximum Gasteiger partial charge on any atom is 0.0459 e. The smallest absolute Gasteiger partial charge is 0.0459 e. The Morgan fingerprint density at radius 1 is 1.03 bits per heavy atom. The first-order valence-electron chi connectivity index (χ1n) is 8.21. The average Bonchev–Trinajstić information content (AvgIpc) is 2.96. The molecule has 173 valence electrons. The van der Waals surface area contributed by atoms with Gasteiger partial charge in [0, 0.05) is 11.7 Å². The Balaban J connectivity index is 0.000000555. The van der Waals surface area contributed by atoms with Gasteiger partial charge in [0.2, 0.25) is 0 Å². The molecule has 2 aromatic carbocycles. The fourth-order valence-corrected chi connectivity index (χ4v) is 2.73. The van der Waals surface area contributed by atoms with Crippen molar-refractivity contribution < 1.29 is 53.6 Å². The molecule has 2 atom stereocenters. The van der Waals surface area contributed by atoms with Gasteiger partial charge in [0.25, 0.3) is 0 Å². The normalized spacial score (nSPS) is 17.2. The van der Waals surface area contributed by atoms with Crippen LogP contribution in [0.25, 0.3) is 5.73 Å². The Bertz CT molecular complexity index is 841. The monoisotopic (exact) mass is 556 g/mol. The van der Waals surface area contributed by atoms with Gasteiger partial charge in [0.1, 0.15) is 0 Å². The maximum atomic E-state index is 12.3. The van der Waals surface area contributed by atoms with Crippen molar-refractivity contribution in [2.24, 2.45) is 0 Å². The van der Waals surface area contributed by atoms with E-state index in [9.17, 15) is 36.2 Å². The zero-order valence-corrected chi connectivity index (χ0v) is 18.8. The molecule has 0 heterocycles. The maximum absolute atomic E-state index is 12.3. The molecular weight excluding hydrogens is 537 g/mol. The molecule has 2 unspecified atom stereocenters. The second-order valence-electron chi connectivity index (χ2n) is 6.30. The van der Waals surface area contributed by atoms with E-state index in [1.165, 1.54) is 0 Å². The van der Waals surface area contributed by atoms with E-state index in [1.807, 2.05) is 41.6 Å². The van der Waals surface area contributed by atoms with E-state index >= 15 is 0 Å². The topological polar surface area (TPSA) is 61.1 Å². The Kier molecular flexibility index (Phi) is 11.4. The van der Waals surface area contributed by atoms with Gasteiger partial charge in [-0.25, -0.2) is 0 Å².